The van der Waals surface area contributed by atoms with Gasteiger partial charge in [-0.2, -0.15) is 9.97 Å². The van der Waals surface area contributed by atoms with Crippen molar-refractivity contribution in [2.75, 3.05) is 43.6 Å². The molecule has 138 valence electrons. The van der Waals surface area contributed by atoms with Crippen molar-refractivity contribution >= 4 is 29.1 Å². The van der Waals surface area contributed by atoms with Crippen LogP contribution in [0, 0.1) is 0 Å². The third-order valence-electron chi connectivity index (χ3n) is 4.57. The zero-order valence-electron chi connectivity index (χ0n) is 14.8. The zero-order valence-corrected chi connectivity index (χ0v) is 15.6. The summed E-state index contributed by atoms with van der Waals surface area (Å²) in [5.74, 6) is 1.89. The van der Waals surface area contributed by atoms with E-state index in [9.17, 15) is 0 Å². The van der Waals surface area contributed by atoms with Crippen molar-refractivity contribution < 1.29 is 9.47 Å². The van der Waals surface area contributed by atoms with Gasteiger partial charge in [-0.05, 0) is 37.9 Å². The molecular weight excluding hydrogens is 338 g/mol. The smallest absolute Gasteiger partial charge is 0.234 e. The molecule has 1 aromatic rings. The topological polar surface area (TPSA) is 71.5 Å². The summed E-state index contributed by atoms with van der Waals surface area (Å²) in [7, 11) is 1.62. The van der Waals surface area contributed by atoms with E-state index in [4.69, 9.17) is 21.7 Å². The molecule has 8 heteroatoms. The van der Waals surface area contributed by atoms with Crippen LogP contribution in [0.4, 0.5) is 11.8 Å². The van der Waals surface area contributed by atoms with Gasteiger partial charge in [0.1, 0.15) is 5.82 Å². The van der Waals surface area contributed by atoms with Crippen LogP contribution >= 0.6 is 12.2 Å². The van der Waals surface area contributed by atoms with Gasteiger partial charge in [0.15, 0.2) is 5.11 Å². The van der Waals surface area contributed by atoms with Gasteiger partial charge in [-0.15, -0.1) is 0 Å². The van der Waals surface area contributed by atoms with Gasteiger partial charge < -0.3 is 25.0 Å². The van der Waals surface area contributed by atoms with E-state index in [-0.39, 0.29) is 6.10 Å². The van der Waals surface area contributed by atoms with E-state index in [2.05, 4.69) is 25.5 Å². The van der Waals surface area contributed by atoms with Gasteiger partial charge >= 0.3 is 0 Å². The fourth-order valence-corrected chi connectivity index (χ4v) is 3.37. The number of aromatic nitrogens is 2. The summed E-state index contributed by atoms with van der Waals surface area (Å²) in [6.07, 6.45) is 7.36. The quantitative estimate of drug-likeness (QED) is 0.771. The number of rotatable bonds is 5. The average molecular weight is 366 g/mol. The van der Waals surface area contributed by atoms with E-state index >= 15 is 0 Å². The van der Waals surface area contributed by atoms with Crippen molar-refractivity contribution in [3.8, 4) is 5.88 Å². The number of thiocarbonyl (C=S) groups is 1. The largest absolute Gasteiger partial charge is 0.481 e. The van der Waals surface area contributed by atoms with E-state index in [1.165, 1.54) is 25.7 Å². The lowest BCUT2D eigenvalue weighted by Crippen LogP contribution is -2.35. The molecule has 2 N–H and O–H groups in total. The summed E-state index contributed by atoms with van der Waals surface area (Å²) < 4.78 is 10.9. The molecule has 3 heterocycles. The Hall–Kier alpha value is -1.67. The third kappa shape index (κ3) is 5.40. The number of hydrogen-bond acceptors (Lipinski definition) is 6. The van der Waals surface area contributed by atoms with Gasteiger partial charge in [0.2, 0.25) is 11.8 Å². The first kappa shape index (κ1) is 18.1. The van der Waals surface area contributed by atoms with Gasteiger partial charge in [0.05, 0.1) is 13.2 Å². The van der Waals surface area contributed by atoms with Gasteiger partial charge in [-0.25, -0.2) is 0 Å². The van der Waals surface area contributed by atoms with Crippen LogP contribution in [0.2, 0.25) is 0 Å². The highest BCUT2D eigenvalue weighted by atomic mass is 32.1. The van der Waals surface area contributed by atoms with Crippen molar-refractivity contribution in [3.05, 3.63) is 6.07 Å². The summed E-state index contributed by atoms with van der Waals surface area (Å²) in [6, 6.07) is 1.89. The lowest BCUT2D eigenvalue weighted by Gasteiger charge is -2.22. The zero-order chi connectivity index (χ0) is 17.5. The average Bonchev–Trinajstić information content (AvgIpc) is 3.00. The standard InChI is InChI=1S/C17H27N5O2S/c1-23-15-11-14(22-8-4-2-3-5-9-22)19-16(20-15)21-17(25)18-12-13-7-6-10-24-13/h11,13H,2-10,12H2,1H3,(H2,18,19,20,21,25). The Bertz CT molecular complexity index is 572. The van der Waals surface area contributed by atoms with Crippen molar-refractivity contribution in [2.24, 2.45) is 0 Å². The molecule has 2 aliphatic heterocycles. The summed E-state index contributed by atoms with van der Waals surface area (Å²) in [4.78, 5) is 11.3. The summed E-state index contributed by atoms with van der Waals surface area (Å²) in [5, 5.41) is 6.76. The van der Waals surface area contributed by atoms with E-state index < -0.39 is 0 Å². The first-order valence-corrected chi connectivity index (χ1v) is 9.50. The summed E-state index contributed by atoms with van der Waals surface area (Å²) in [6.45, 7) is 3.57. The summed E-state index contributed by atoms with van der Waals surface area (Å²) in [5.41, 5.74) is 0. The predicted molar refractivity (Wildman–Crippen MR) is 102 cm³/mol. The minimum atomic E-state index is 0.235. The number of methoxy groups -OCH3 is 1. The number of nitrogens with one attached hydrogen (secondary N) is 2. The Morgan fingerprint density at radius 2 is 2.08 bits per heavy atom. The van der Waals surface area contributed by atoms with Gasteiger partial charge in [-0.3, -0.25) is 0 Å². The number of anilines is 2. The first-order valence-electron chi connectivity index (χ1n) is 9.09. The molecular formula is C17H27N5O2S. The Kier molecular flexibility index (Phi) is 6.63. The van der Waals surface area contributed by atoms with Crippen LogP contribution < -0.4 is 20.3 Å². The maximum atomic E-state index is 5.59. The van der Waals surface area contributed by atoms with Gasteiger partial charge in [0, 0.05) is 32.3 Å². The fourth-order valence-electron chi connectivity index (χ4n) is 3.19. The van der Waals surface area contributed by atoms with Crippen LogP contribution in [0.25, 0.3) is 0 Å². The number of hydrogen-bond donors (Lipinski definition) is 2. The molecule has 0 aromatic carbocycles. The van der Waals surface area contributed by atoms with Crippen LogP contribution in [-0.2, 0) is 4.74 Å². The number of nitrogens with zero attached hydrogens (tertiary/aromatic N) is 3. The van der Waals surface area contributed by atoms with Gasteiger partial charge in [-0.1, -0.05) is 12.8 Å². The number of ether oxygens (including phenoxy) is 2. The second-order valence-electron chi connectivity index (χ2n) is 6.46. The maximum absolute atomic E-state index is 5.59. The Morgan fingerprint density at radius 1 is 1.28 bits per heavy atom. The van der Waals surface area contributed by atoms with Crippen molar-refractivity contribution in [3.63, 3.8) is 0 Å². The SMILES string of the molecule is COc1cc(N2CCCCCC2)nc(NC(=S)NCC2CCCO2)n1. The van der Waals surface area contributed by atoms with Crippen molar-refractivity contribution in [1.29, 1.82) is 0 Å². The summed E-state index contributed by atoms with van der Waals surface area (Å²) >= 11 is 5.36. The van der Waals surface area contributed by atoms with E-state index in [1.807, 2.05) is 6.07 Å². The second kappa shape index (κ2) is 9.15. The highest BCUT2D eigenvalue weighted by Crippen LogP contribution is 2.22. The second-order valence-corrected chi connectivity index (χ2v) is 6.87. The van der Waals surface area contributed by atoms with E-state index in [1.54, 1.807) is 7.11 Å². The molecule has 25 heavy (non-hydrogen) atoms. The minimum Gasteiger partial charge on any atom is -0.481 e. The van der Waals surface area contributed by atoms with Crippen LogP contribution in [0.15, 0.2) is 6.07 Å². The van der Waals surface area contributed by atoms with Crippen LogP contribution in [0.3, 0.4) is 0 Å². The molecule has 1 atom stereocenters. The molecule has 0 radical (unpaired) electrons. The molecule has 0 amide bonds. The van der Waals surface area contributed by atoms with Crippen LogP contribution in [0.5, 0.6) is 5.88 Å². The molecule has 0 spiro atoms. The van der Waals surface area contributed by atoms with Crippen LogP contribution in [-0.4, -0.2) is 54.5 Å². The monoisotopic (exact) mass is 365 g/mol. The molecule has 2 fully saturated rings. The Morgan fingerprint density at radius 3 is 2.76 bits per heavy atom. The van der Waals surface area contributed by atoms with Gasteiger partial charge in [0.25, 0.3) is 0 Å². The van der Waals surface area contributed by atoms with E-state index in [0.29, 0.717) is 23.5 Å². The minimum absolute atomic E-state index is 0.235. The molecule has 0 saturated carbocycles. The molecule has 3 rings (SSSR count). The maximum Gasteiger partial charge on any atom is 0.234 e. The highest BCUT2D eigenvalue weighted by Gasteiger charge is 2.17. The van der Waals surface area contributed by atoms with E-state index in [0.717, 1.165) is 38.4 Å². The molecule has 0 aliphatic carbocycles. The molecule has 2 saturated heterocycles. The van der Waals surface area contributed by atoms with Crippen molar-refractivity contribution in [2.45, 2.75) is 44.6 Å². The molecule has 0 bridgehead atoms. The molecule has 1 aromatic heterocycles. The lowest BCUT2D eigenvalue weighted by atomic mass is 10.2. The molecule has 2 aliphatic rings. The predicted octanol–water partition coefficient (Wildman–Crippen LogP) is 2.33. The lowest BCUT2D eigenvalue weighted by molar-refractivity contribution is 0.114. The normalized spacial score (nSPS) is 20.8. The third-order valence-corrected chi connectivity index (χ3v) is 4.81. The highest BCUT2D eigenvalue weighted by molar-refractivity contribution is 7.80. The Labute approximate surface area is 154 Å². The molecule has 1 unspecified atom stereocenters. The fraction of sp³-hybridized carbons (Fsp3) is 0.706. The van der Waals surface area contributed by atoms with Crippen LogP contribution in [0.1, 0.15) is 38.5 Å². The van der Waals surface area contributed by atoms with Crippen molar-refractivity contribution in [1.82, 2.24) is 15.3 Å². The first-order chi connectivity index (χ1) is 12.2. The Balaban J connectivity index is 1.63. The molecule has 7 nitrogen and oxygen atoms in total.